The van der Waals surface area contributed by atoms with E-state index in [1.807, 2.05) is 4.90 Å². The summed E-state index contributed by atoms with van der Waals surface area (Å²) in [6.45, 7) is 9.27. The van der Waals surface area contributed by atoms with Gasteiger partial charge in [0.1, 0.15) is 0 Å². The highest BCUT2D eigenvalue weighted by atomic mass is 16.6. The second-order valence-electron chi connectivity index (χ2n) is 6.35. The first kappa shape index (κ1) is 15.4. The van der Waals surface area contributed by atoms with Gasteiger partial charge in [-0.1, -0.05) is 20.8 Å². The van der Waals surface area contributed by atoms with Gasteiger partial charge in [-0.05, 0) is 37.0 Å². The number of nitrogens with two attached hydrogens (primary N) is 1. The highest BCUT2D eigenvalue weighted by Crippen LogP contribution is 2.34. The van der Waals surface area contributed by atoms with Crippen LogP contribution in [-0.4, -0.2) is 30.5 Å². The number of amides is 1. The van der Waals surface area contributed by atoms with Crippen molar-refractivity contribution in [2.75, 3.05) is 19.7 Å². The number of carbonyl (C=O) groups excluding carboxylic acids is 1. The maximum absolute atomic E-state index is 12.0. The van der Waals surface area contributed by atoms with Gasteiger partial charge < -0.3 is 9.74 Å². The molecule has 4 nitrogen and oxygen atoms in total. The number of piperidine rings is 1. The molecule has 0 aromatic heterocycles. The monoisotopic (exact) mass is 256 g/mol. The molecule has 1 aliphatic rings. The van der Waals surface area contributed by atoms with Gasteiger partial charge in [0.2, 0.25) is 5.91 Å². The van der Waals surface area contributed by atoms with Gasteiger partial charge in [-0.25, -0.2) is 5.90 Å². The van der Waals surface area contributed by atoms with Crippen LogP contribution in [0, 0.1) is 11.3 Å². The van der Waals surface area contributed by atoms with E-state index in [1.165, 1.54) is 0 Å². The smallest absolute Gasteiger partial charge is 0.222 e. The second-order valence-corrected chi connectivity index (χ2v) is 6.35. The van der Waals surface area contributed by atoms with E-state index in [1.54, 1.807) is 0 Å². The molecule has 2 N–H and O–H groups in total. The maximum atomic E-state index is 12.0. The average Bonchev–Trinajstić information content (AvgIpc) is 2.33. The minimum atomic E-state index is 0.291. The quantitative estimate of drug-likeness (QED) is 0.607. The van der Waals surface area contributed by atoms with Crippen LogP contribution in [0.15, 0.2) is 0 Å². The predicted octanol–water partition coefficient (Wildman–Crippen LogP) is 2.33. The Morgan fingerprint density at radius 3 is 2.39 bits per heavy atom. The molecule has 0 saturated carbocycles. The molecular formula is C14H28N2O2. The van der Waals surface area contributed by atoms with E-state index >= 15 is 0 Å². The number of hydrogen-bond acceptors (Lipinski definition) is 3. The Morgan fingerprint density at radius 1 is 1.28 bits per heavy atom. The van der Waals surface area contributed by atoms with Crippen LogP contribution in [0.2, 0.25) is 0 Å². The van der Waals surface area contributed by atoms with Crippen LogP contribution < -0.4 is 5.90 Å². The Hall–Kier alpha value is -0.610. The first-order valence-electron chi connectivity index (χ1n) is 7.04. The lowest BCUT2D eigenvalue weighted by Gasteiger charge is -2.38. The lowest BCUT2D eigenvalue weighted by molar-refractivity contribution is -0.133. The molecule has 0 radical (unpaired) electrons. The van der Waals surface area contributed by atoms with Gasteiger partial charge in [0.25, 0.3) is 0 Å². The van der Waals surface area contributed by atoms with Crippen LogP contribution in [0.3, 0.4) is 0 Å². The third kappa shape index (κ3) is 4.94. The van der Waals surface area contributed by atoms with Crippen molar-refractivity contribution in [3.63, 3.8) is 0 Å². The zero-order valence-electron chi connectivity index (χ0n) is 12.1. The fourth-order valence-corrected chi connectivity index (χ4v) is 2.61. The number of nitrogens with zero attached hydrogens (tertiary/aromatic N) is 1. The van der Waals surface area contributed by atoms with Gasteiger partial charge in [-0.3, -0.25) is 4.79 Å². The average molecular weight is 256 g/mol. The Bertz CT molecular complexity index is 253. The number of likely N-dealkylation sites (tertiary alicyclic amines) is 1. The summed E-state index contributed by atoms with van der Waals surface area (Å²) >= 11 is 0. The van der Waals surface area contributed by atoms with E-state index in [0.717, 1.165) is 44.7 Å². The lowest BCUT2D eigenvalue weighted by atomic mass is 9.75. The van der Waals surface area contributed by atoms with Gasteiger partial charge in [0.15, 0.2) is 0 Å². The van der Waals surface area contributed by atoms with Crippen LogP contribution >= 0.6 is 0 Å². The Balaban J connectivity index is 2.23. The summed E-state index contributed by atoms with van der Waals surface area (Å²) in [5, 5.41) is 0. The van der Waals surface area contributed by atoms with Crippen molar-refractivity contribution in [2.24, 2.45) is 17.2 Å². The number of rotatable bonds is 5. The fraction of sp³-hybridized carbons (Fsp3) is 0.929. The summed E-state index contributed by atoms with van der Waals surface area (Å²) in [5.41, 5.74) is 0.369. The molecule has 1 heterocycles. The fourth-order valence-electron chi connectivity index (χ4n) is 2.61. The lowest BCUT2D eigenvalue weighted by Crippen LogP contribution is -2.41. The molecule has 1 aliphatic heterocycles. The van der Waals surface area contributed by atoms with Crippen LogP contribution in [0.5, 0.6) is 0 Å². The largest absolute Gasteiger partial charge is 0.343 e. The number of hydrogen-bond donors (Lipinski definition) is 1. The van der Waals surface area contributed by atoms with Crippen molar-refractivity contribution in [3.05, 3.63) is 0 Å². The molecule has 0 aliphatic carbocycles. The third-order valence-corrected chi connectivity index (χ3v) is 3.98. The minimum absolute atomic E-state index is 0.291. The molecule has 4 heteroatoms. The first-order valence-corrected chi connectivity index (χ1v) is 7.04. The molecule has 1 fully saturated rings. The molecular weight excluding hydrogens is 228 g/mol. The maximum Gasteiger partial charge on any atom is 0.222 e. The highest BCUT2D eigenvalue weighted by molar-refractivity contribution is 5.76. The van der Waals surface area contributed by atoms with Crippen molar-refractivity contribution in [1.29, 1.82) is 0 Å². The SMILES string of the molecule is CC(C)(C)C1CCN(C(=O)CCCCON)CC1. The Morgan fingerprint density at radius 2 is 1.89 bits per heavy atom. The summed E-state index contributed by atoms with van der Waals surface area (Å²) in [7, 11) is 0. The summed E-state index contributed by atoms with van der Waals surface area (Å²) in [4.78, 5) is 18.5. The van der Waals surface area contributed by atoms with Crippen LogP contribution in [0.4, 0.5) is 0 Å². The van der Waals surface area contributed by atoms with Crippen LogP contribution in [0.25, 0.3) is 0 Å². The number of carbonyl (C=O) groups is 1. The molecule has 106 valence electrons. The van der Waals surface area contributed by atoms with E-state index in [0.29, 0.717) is 24.3 Å². The van der Waals surface area contributed by atoms with Gasteiger partial charge >= 0.3 is 0 Å². The second kappa shape index (κ2) is 7.10. The summed E-state index contributed by atoms with van der Waals surface area (Å²) < 4.78 is 0. The summed E-state index contributed by atoms with van der Waals surface area (Å²) in [6, 6.07) is 0. The molecule has 0 bridgehead atoms. The molecule has 1 amide bonds. The number of unbranched alkanes of at least 4 members (excludes halogenated alkanes) is 1. The topological polar surface area (TPSA) is 55.6 Å². The summed E-state index contributed by atoms with van der Waals surface area (Å²) in [5.74, 6) is 5.98. The van der Waals surface area contributed by atoms with Gasteiger partial charge in [0, 0.05) is 19.5 Å². The van der Waals surface area contributed by atoms with Crippen molar-refractivity contribution in [3.8, 4) is 0 Å². The molecule has 0 unspecified atom stereocenters. The molecule has 0 spiro atoms. The first-order chi connectivity index (χ1) is 8.45. The highest BCUT2D eigenvalue weighted by Gasteiger charge is 2.29. The molecule has 0 atom stereocenters. The van der Waals surface area contributed by atoms with Crippen molar-refractivity contribution < 1.29 is 9.63 Å². The zero-order valence-corrected chi connectivity index (χ0v) is 12.1. The Labute approximate surface area is 111 Å². The van der Waals surface area contributed by atoms with E-state index < -0.39 is 0 Å². The molecule has 1 saturated heterocycles. The minimum Gasteiger partial charge on any atom is -0.343 e. The third-order valence-electron chi connectivity index (χ3n) is 3.98. The van der Waals surface area contributed by atoms with Crippen LogP contribution in [0.1, 0.15) is 52.9 Å². The zero-order chi connectivity index (χ0) is 13.6. The normalized spacial score (nSPS) is 18.1. The molecule has 0 aromatic carbocycles. The molecule has 0 aromatic rings. The summed E-state index contributed by atoms with van der Waals surface area (Å²) in [6.07, 6.45) is 4.64. The Kier molecular flexibility index (Phi) is 6.09. The standard InChI is InChI=1S/C14H28N2O2/c1-14(2,3)12-7-9-16(10-8-12)13(17)6-4-5-11-18-15/h12H,4-11,15H2,1-3H3. The van der Waals surface area contributed by atoms with E-state index in [2.05, 4.69) is 25.6 Å². The van der Waals surface area contributed by atoms with Crippen LogP contribution in [-0.2, 0) is 9.63 Å². The predicted molar refractivity (Wildman–Crippen MR) is 72.7 cm³/mol. The van der Waals surface area contributed by atoms with Gasteiger partial charge in [-0.15, -0.1) is 0 Å². The van der Waals surface area contributed by atoms with Crippen molar-refractivity contribution in [1.82, 2.24) is 4.90 Å². The molecule has 18 heavy (non-hydrogen) atoms. The van der Waals surface area contributed by atoms with Crippen molar-refractivity contribution in [2.45, 2.75) is 52.9 Å². The van der Waals surface area contributed by atoms with E-state index in [4.69, 9.17) is 5.90 Å². The van der Waals surface area contributed by atoms with E-state index in [9.17, 15) is 4.79 Å². The van der Waals surface area contributed by atoms with E-state index in [-0.39, 0.29) is 0 Å². The molecule has 1 rings (SSSR count). The van der Waals surface area contributed by atoms with Gasteiger partial charge in [-0.2, -0.15) is 0 Å². The van der Waals surface area contributed by atoms with Crippen molar-refractivity contribution >= 4 is 5.91 Å². The van der Waals surface area contributed by atoms with Gasteiger partial charge in [0.05, 0.1) is 6.61 Å².